The molecule has 0 aromatic carbocycles. The molecule has 4 N–H and O–H groups in total. The van der Waals surface area contributed by atoms with Gasteiger partial charge >= 0.3 is 11.9 Å². The number of carbonyl (C=O) groups is 2. The number of rotatable bonds is 35. The quantitative estimate of drug-likeness (QED) is 0.0211. The van der Waals surface area contributed by atoms with Crippen LogP contribution in [0.2, 0.25) is 0 Å². The zero-order valence-corrected chi connectivity index (χ0v) is 34.4. The Bertz CT molecular complexity index is 1070. The lowest BCUT2D eigenvalue weighted by Crippen LogP contribution is -2.60. The smallest absolute Gasteiger partial charge is 0.306 e. The number of carbonyl (C=O) groups excluding carboxylic acids is 2. The molecule has 6 atom stereocenters. The molecular formula is C41H76O12S. The lowest BCUT2D eigenvalue weighted by Gasteiger charge is -2.40. The van der Waals surface area contributed by atoms with E-state index < -0.39 is 71.2 Å². The first-order chi connectivity index (χ1) is 26.0. The lowest BCUT2D eigenvalue weighted by atomic mass is 10.00. The summed E-state index contributed by atoms with van der Waals surface area (Å²) in [5.41, 5.74) is 0. The number of hydrogen-bond acceptors (Lipinski definition) is 11. The van der Waals surface area contributed by atoms with Crippen molar-refractivity contribution >= 4 is 22.1 Å². The van der Waals surface area contributed by atoms with E-state index in [1.54, 1.807) is 0 Å². The van der Waals surface area contributed by atoms with Crippen LogP contribution in [0.1, 0.15) is 181 Å². The Morgan fingerprint density at radius 3 is 1.56 bits per heavy atom. The number of ether oxygens (including phenoxy) is 4. The van der Waals surface area contributed by atoms with E-state index in [2.05, 4.69) is 26.0 Å². The minimum Gasteiger partial charge on any atom is -0.462 e. The predicted molar refractivity (Wildman–Crippen MR) is 210 cm³/mol. The molecule has 318 valence electrons. The summed E-state index contributed by atoms with van der Waals surface area (Å²) in [7, 11) is -4.60. The SMILES string of the molecule is CCCCCC/C=C/CCCCCCCC(=O)O[C@H](COC(=O)CCCCCCCCCCCCCCC)CO[C@@H]1O[C@@H](CS(=O)(=O)O)[C@H](O)C(O)C1O. The molecule has 12 nitrogen and oxygen atoms in total. The molecule has 1 rings (SSSR count). The van der Waals surface area contributed by atoms with Gasteiger partial charge in [0, 0.05) is 12.8 Å². The summed E-state index contributed by atoms with van der Waals surface area (Å²) < 4.78 is 53.9. The van der Waals surface area contributed by atoms with Crippen molar-refractivity contribution in [3.05, 3.63) is 12.2 Å². The molecule has 2 unspecified atom stereocenters. The highest BCUT2D eigenvalue weighted by Crippen LogP contribution is 2.24. The first-order valence-electron chi connectivity index (χ1n) is 21.2. The lowest BCUT2D eigenvalue weighted by molar-refractivity contribution is -0.297. The maximum atomic E-state index is 12.8. The van der Waals surface area contributed by atoms with E-state index in [9.17, 15) is 37.9 Å². The van der Waals surface area contributed by atoms with Gasteiger partial charge < -0.3 is 34.3 Å². The summed E-state index contributed by atoms with van der Waals surface area (Å²) in [6.07, 6.45) is 22.6. The number of esters is 2. The van der Waals surface area contributed by atoms with Crippen LogP contribution in [-0.2, 0) is 38.7 Å². The second-order valence-corrected chi connectivity index (χ2v) is 16.5. The molecule has 0 aliphatic carbocycles. The number of aliphatic hydroxyl groups excluding tert-OH is 3. The van der Waals surface area contributed by atoms with Gasteiger partial charge in [-0.1, -0.05) is 142 Å². The maximum absolute atomic E-state index is 12.8. The molecule has 0 amide bonds. The molecule has 0 aromatic heterocycles. The van der Waals surface area contributed by atoms with Gasteiger partial charge in [0.15, 0.2) is 12.4 Å². The van der Waals surface area contributed by atoms with E-state index in [0.29, 0.717) is 12.8 Å². The van der Waals surface area contributed by atoms with Crippen molar-refractivity contribution in [2.45, 2.75) is 218 Å². The van der Waals surface area contributed by atoms with E-state index in [4.69, 9.17) is 18.9 Å². The Morgan fingerprint density at radius 2 is 1.06 bits per heavy atom. The molecule has 1 aliphatic rings. The molecular weight excluding hydrogens is 717 g/mol. The first-order valence-corrected chi connectivity index (χ1v) is 22.9. The first kappa shape index (κ1) is 50.4. The van der Waals surface area contributed by atoms with Crippen molar-refractivity contribution in [1.82, 2.24) is 0 Å². The second-order valence-electron chi connectivity index (χ2n) is 15.0. The molecule has 0 saturated carbocycles. The van der Waals surface area contributed by atoms with E-state index in [-0.39, 0.29) is 19.4 Å². The van der Waals surface area contributed by atoms with Crippen LogP contribution in [-0.4, -0.2) is 96.0 Å². The highest BCUT2D eigenvalue weighted by molar-refractivity contribution is 7.85. The van der Waals surface area contributed by atoms with Crippen LogP contribution in [0.3, 0.4) is 0 Å². The average Bonchev–Trinajstić information content (AvgIpc) is 3.13. The van der Waals surface area contributed by atoms with Crippen molar-refractivity contribution < 1.29 is 56.8 Å². The minimum atomic E-state index is -4.60. The number of aliphatic hydroxyl groups is 3. The topological polar surface area (TPSA) is 186 Å². The van der Waals surface area contributed by atoms with Gasteiger partial charge in [0.1, 0.15) is 36.8 Å². The Balaban J connectivity index is 2.49. The molecule has 1 saturated heterocycles. The van der Waals surface area contributed by atoms with Gasteiger partial charge in [-0.05, 0) is 38.5 Å². The van der Waals surface area contributed by atoms with Crippen LogP contribution >= 0.6 is 0 Å². The number of unbranched alkanes of at least 4 members (excludes halogenated alkanes) is 21. The highest BCUT2D eigenvalue weighted by atomic mass is 32.2. The molecule has 13 heteroatoms. The van der Waals surface area contributed by atoms with Crippen LogP contribution in [0.15, 0.2) is 12.2 Å². The van der Waals surface area contributed by atoms with Crippen LogP contribution in [0, 0.1) is 0 Å². The number of hydrogen-bond donors (Lipinski definition) is 4. The second kappa shape index (κ2) is 32.5. The molecule has 1 heterocycles. The third-order valence-corrected chi connectivity index (χ3v) is 10.6. The van der Waals surface area contributed by atoms with Crippen LogP contribution in [0.4, 0.5) is 0 Å². The molecule has 0 radical (unpaired) electrons. The van der Waals surface area contributed by atoms with E-state index in [1.807, 2.05) is 0 Å². The molecule has 0 spiro atoms. The van der Waals surface area contributed by atoms with Gasteiger partial charge in [-0.2, -0.15) is 8.42 Å². The highest BCUT2D eigenvalue weighted by Gasteiger charge is 2.46. The monoisotopic (exact) mass is 793 g/mol. The third-order valence-electron chi connectivity index (χ3n) is 9.85. The molecule has 0 aromatic rings. The van der Waals surface area contributed by atoms with Crippen molar-refractivity contribution in [3.63, 3.8) is 0 Å². The summed E-state index contributed by atoms with van der Waals surface area (Å²) >= 11 is 0. The molecule has 54 heavy (non-hydrogen) atoms. The molecule has 1 fully saturated rings. The van der Waals surface area contributed by atoms with E-state index in [1.165, 1.54) is 83.5 Å². The van der Waals surface area contributed by atoms with Gasteiger partial charge in [0.25, 0.3) is 10.1 Å². The molecule has 0 bridgehead atoms. The fourth-order valence-electron chi connectivity index (χ4n) is 6.49. The van der Waals surface area contributed by atoms with Crippen LogP contribution < -0.4 is 0 Å². The Kier molecular flexibility index (Phi) is 30.3. The fraction of sp³-hybridized carbons (Fsp3) is 0.902. The van der Waals surface area contributed by atoms with Gasteiger partial charge in [-0.3, -0.25) is 14.1 Å². The third kappa shape index (κ3) is 27.1. The Morgan fingerprint density at radius 1 is 0.611 bits per heavy atom. The standard InChI is InChI=1S/C41H76O12S/c1-3-5-7-9-11-13-15-17-19-21-23-25-27-29-36(42)50-31-34(32-51-41-40(46)39(45)38(44)35(53-41)33-54(47,48)49)52-37(43)30-28-26-24-22-20-18-16-14-12-10-8-6-4-2/h14,16,34-35,38-41,44-46H,3-13,15,17-33H2,1-2H3,(H,47,48,49)/b16-14+/t34-,35+,38+,39?,40?,41-/m1/s1. The largest absolute Gasteiger partial charge is 0.462 e. The zero-order valence-electron chi connectivity index (χ0n) is 33.6. The Hall–Kier alpha value is -1.61. The fourth-order valence-corrected chi connectivity index (χ4v) is 7.19. The zero-order chi connectivity index (χ0) is 39.9. The van der Waals surface area contributed by atoms with Gasteiger partial charge in [-0.15, -0.1) is 0 Å². The summed E-state index contributed by atoms with van der Waals surface area (Å²) in [5, 5.41) is 30.8. The number of allylic oxidation sites excluding steroid dienone is 2. The van der Waals surface area contributed by atoms with Gasteiger partial charge in [0.05, 0.1) is 6.61 Å². The summed E-state index contributed by atoms with van der Waals surface area (Å²) in [6, 6.07) is 0. The summed E-state index contributed by atoms with van der Waals surface area (Å²) in [6.45, 7) is 3.73. The predicted octanol–water partition coefficient (Wildman–Crippen LogP) is 7.89. The van der Waals surface area contributed by atoms with E-state index >= 15 is 0 Å². The average molecular weight is 793 g/mol. The van der Waals surface area contributed by atoms with Crippen LogP contribution in [0.25, 0.3) is 0 Å². The Labute approximate surface area is 326 Å². The van der Waals surface area contributed by atoms with Gasteiger partial charge in [0.2, 0.25) is 0 Å². The summed E-state index contributed by atoms with van der Waals surface area (Å²) in [4.78, 5) is 25.3. The normalized spacial score (nSPS) is 21.0. The van der Waals surface area contributed by atoms with Crippen molar-refractivity contribution in [2.75, 3.05) is 19.0 Å². The molecule has 1 aliphatic heterocycles. The maximum Gasteiger partial charge on any atom is 0.306 e. The van der Waals surface area contributed by atoms with E-state index in [0.717, 1.165) is 57.8 Å². The van der Waals surface area contributed by atoms with Crippen LogP contribution in [0.5, 0.6) is 0 Å². The van der Waals surface area contributed by atoms with Crippen molar-refractivity contribution in [3.8, 4) is 0 Å². The van der Waals surface area contributed by atoms with Crippen molar-refractivity contribution in [2.24, 2.45) is 0 Å². The minimum absolute atomic E-state index is 0.158. The van der Waals surface area contributed by atoms with Gasteiger partial charge in [-0.25, -0.2) is 0 Å². The summed E-state index contributed by atoms with van der Waals surface area (Å²) in [5.74, 6) is -1.99. The van der Waals surface area contributed by atoms with Crippen molar-refractivity contribution in [1.29, 1.82) is 0 Å².